The number of benzene rings is 1. The molecule has 0 aliphatic heterocycles. The van der Waals surface area contributed by atoms with Gasteiger partial charge in [-0.1, -0.05) is 54.6 Å². The molecule has 1 aromatic rings. The van der Waals surface area contributed by atoms with Gasteiger partial charge in [0, 0.05) is 5.57 Å². The van der Waals surface area contributed by atoms with Gasteiger partial charge in [0.25, 0.3) is 0 Å². The Labute approximate surface area is 112 Å². The minimum absolute atomic E-state index is 0.0468. The molecule has 2 heteroatoms. The highest BCUT2D eigenvalue weighted by atomic mass is 16.2. The van der Waals surface area contributed by atoms with Crippen molar-refractivity contribution < 1.29 is 9.59 Å². The van der Waals surface area contributed by atoms with Crippen molar-refractivity contribution in [2.45, 2.75) is 12.8 Å². The molecule has 0 radical (unpaired) electrons. The molecule has 2 atom stereocenters. The van der Waals surface area contributed by atoms with E-state index < -0.39 is 11.8 Å². The van der Waals surface area contributed by atoms with E-state index in [0.29, 0.717) is 11.1 Å². The van der Waals surface area contributed by atoms with Gasteiger partial charge in [0.05, 0.1) is 5.92 Å². The molecule has 0 bridgehead atoms. The van der Waals surface area contributed by atoms with E-state index in [-0.39, 0.29) is 11.6 Å². The Bertz CT molecular complexity index is 644. The monoisotopic (exact) mass is 250 g/mol. The van der Waals surface area contributed by atoms with E-state index in [4.69, 9.17) is 0 Å². The molecule has 0 heterocycles. The first-order valence-corrected chi connectivity index (χ1v) is 6.31. The average molecular weight is 250 g/mol. The van der Waals surface area contributed by atoms with Crippen LogP contribution in [0.15, 0.2) is 60.2 Å². The highest BCUT2D eigenvalue weighted by Crippen LogP contribution is 2.41. The third-order valence-corrected chi connectivity index (χ3v) is 3.79. The maximum atomic E-state index is 12.5. The molecule has 1 saturated carbocycles. The van der Waals surface area contributed by atoms with E-state index in [1.54, 1.807) is 18.2 Å². The summed E-state index contributed by atoms with van der Waals surface area (Å²) in [6.07, 6.45) is 5.33. The van der Waals surface area contributed by atoms with Crippen LogP contribution >= 0.6 is 0 Å². The number of Topliss-reactive ketones (excluding diaryl/α,β-unsaturated/α-hetero) is 2. The Morgan fingerprint density at radius 2 is 1.74 bits per heavy atom. The second-order valence-corrected chi connectivity index (χ2v) is 5.10. The van der Waals surface area contributed by atoms with Crippen LogP contribution in [0.1, 0.15) is 17.0 Å². The number of hydrogen-bond acceptors (Lipinski definition) is 2. The van der Waals surface area contributed by atoms with Crippen LogP contribution in [0.5, 0.6) is 0 Å². The van der Waals surface area contributed by atoms with Crippen molar-refractivity contribution in [2.24, 2.45) is 5.92 Å². The summed E-state index contributed by atoms with van der Waals surface area (Å²) in [6, 6.07) is 7.59. The lowest BCUT2D eigenvalue weighted by Gasteiger charge is -2.12. The molecule has 3 rings (SSSR count). The Balaban J connectivity index is 2.06. The van der Waals surface area contributed by atoms with E-state index in [2.05, 4.69) is 6.58 Å². The number of fused-ring (bicyclic) bond motifs is 1. The molecule has 19 heavy (non-hydrogen) atoms. The highest BCUT2D eigenvalue weighted by molar-refractivity contribution is 6.25. The Morgan fingerprint density at radius 1 is 1.05 bits per heavy atom. The van der Waals surface area contributed by atoms with Crippen LogP contribution in [-0.2, 0) is 9.59 Å². The van der Waals surface area contributed by atoms with Crippen molar-refractivity contribution in [3.8, 4) is 0 Å². The summed E-state index contributed by atoms with van der Waals surface area (Å²) in [4.78, 5) is 24.9. The van der Waals surface area contributed by atoms with Gasteiger partial charge in [0.15, 0.2) is 11.6 Å². The summed E-state index contributed by atoms with van der Waals surface area (Å²) in [5.41, 5.74) is 3.20. The van der Waals surface area contributed by atoms with E-state index >= 15 is 0 Å². The van der Waals surface area contributed by atoms with Crippen LogP contribution in [0.25, 0.3) is 0 Å². The zero-order valence-corrected chi connectivity index (χ0v) is 10.7. The lowest BCUT2D eigenvalue weighted by molar-refractivity contribution is -0.124. The topological polar surface area (TPSA) is 34.1 Å². The zero-order chi connectivity index (χ0) is 13.6. The van der Waals surface area contributed by atoms with Gasteiger partial charge >= 0.3 is 0 Å². The molecular formula is C17H14O2. The minimum atomic E-state index is -0.659. The van der Waals surface area contributed by atoms with Crippen molar-refractivity contribution in [2.75, 3.05) is 0 Å². The predicted octanol–water partition coefficient (Wildman–Crippen LogP) is 2.90. The lowest BCUT2D eigenvalue weighted by Crippen LogP contribution is -2.16. The highest BCUT2D eigenvalue weighted by Gasteiger charge is 2.47. The molecule has 0 aromatic heterocycles. The van der Waals surface area contributed by atoms with Crippen molar-refractivity contribution in [3.05, 3.63) is 71.3 Å². The van der Waals surface area contributed by atoms with E-state index in [9.17, 15) is 9.59 Å². The van der Waals surface area contributed by atoms with Crippen molar-refractivity contribution in [3.63, 3.8) is 0 Å². The first-order valence-electron chi connectivity index (χ1n) is 6.31. The Morgan fingerprint density at radius 3 is 2.37 bits per heavy atom. The molecule has 2 aliphatic carbocycles. The molecule has 0 spiro atoms. The molecule has 1 aromatic carbocycles. The second kappa shape index (κ2) is 4.16. The second-order valence-electron chi connectivity index (χ2n) is 5.10. The van der Waals surface area contributed by atoms with Crippen LogP contribution < -0.4 is 0 Å². The van der Waals surface area contributed by atoms with Gasteiger partial charge in [-0.05, 0) is 18.1 Å². The third kappa shape index (κ3) is 1.72. The fourth-order valence-corrected chi connectivity index (χ4v) is 2.77. The molecule has 2 aliphatic rings. The number of carbonyl (C=O) groups is 2. The molecule has 0 amide bonds. The Hall–Kier alpha value is -2.22. The molecule has 94 valence electrons. The summed E-state index contributed by atoms with van der Waals surface area (Å²) in [5.74, 6) is -1.23. The smallest absolute Gasteiger partial charge is 0.174 e. The molecule has 2 nitrogen and oxygen atoms in total. The van der Waals surface area contributed by atoms with Gasteiger partial charge in [-0.15, -0.1) is 0 Å². The fourth-order valence-electron chi connectivity index (χ4n) is 2.77. The maximum absolute atomic E-state index is 12.5. The number of carbonyl (C=O) groups excluding carboxylic acids is 2. The average Bonchev–Trinajstić information content (AvgIpc) is 2.65. The van der Waals surface area contributed by atoms with Gasteiger partial charge < -0.3 is 0 Å². The normalized spacial score (nSPS) is 25.5. The van der Waals surface area contributed by atoms with Gasteiger partial charge in [-0.25, -0.2) is 0 Å². The SMILES string of the molecule is C=C1C=CC=C2C(=O)C(c3ccc(C)cc3)C(=O)C12. The van der Waals surface area contributed by atoms with Gasteiger partial charge in [-0.2, -0.15) is 0 Å². The Kier molecular flexibility index (Phi) is 2.59. The summed E-state index contributed by atoms with van der Waals surface area (Å²) in [5, 5.41) is 0. The standard InChI is InChI=1S/C17H14O2/c1-10-6-8-12(9-7-10)15-16(18)13-5-3-4-11(2)14(13)17(15)19/h3-9,14-15H,2H2,1H3. The van der Waals surface area contributed by atoms with Gasteiger partial charge in [0.2, 0.25) is 0 Å². The number of allylic oxidation sites excluding steroid dienone is 5. The third-order valence-electron chi connectivity index (χ3n) is 3.79. The minimum Gasteiger partial charge on any atom is -0.297 e. The first-order chi connectivity index (χ1) is 9.09. The molecule has 2 unspecified atom stereocenters. The van der Waals surface area contributed by atoms with E-state index in [0.717, 1.165) is 11.1 Å². The molecule has 0 N–H and O–H groups in total. The molecule has 0 saturated heterocycles. The maximum Gasteiger partial charge on any atom is 0.174 e. The molecule has 1 fully saturated rings. The summed E-state index contributed by atoms with van der Waals surface area (Å²) < 4.78 is 0. The van der Waals surface area contributed by atoms with Crippen LogP contribution in [0, 0.1) is 12.8 Å². The summed E-state index contributed by atoms with van der Waals surface area (Å²) in [6.45, 7) is 5.87. The van der Waals surface area contributed by atoms with Crippen LogP contribution in [0.4, 0.5) is 0 Å². The largest absolute Gasteiger partial charge is 0.297 e. The fraction of sp³-hybridized carbons (Fsp3) is 0.176. The number of ketones is 2. The van der Waals surface area contributed by atoms with E-state index in [1.807, 2.05) is 31.2 Å². The van der Waals surface area contributed by atoms with Crippen LogP contribution in [0.3, 0.4) is 0 Å². The van der Waals surface area contributed by atoms with Gasteiger partial charge in [0.1, 0.15) is 5.92 Å². The summed E-state index contributed by atoms with van der Waals surface area (Å²) >= 11 is 0. The van der Waals surface area contributed by atoms with Crippen molar-refractivity contribution >= 4 is 11.6 Å². The number of rotatable bonds is 1. The zero-order valence-electron chi connectivity index (χ0n) is 10.7. The van der Waals surface area contributed by atoms with E-state index in [1.165, 1.54) is 0 Å². The molecular weight excluding hydrogens is 236 g/mol. The van der Waals surface area contributed by atoms with Gasteiger partial charge in [-0.3, -0.25) is 9.59 Å². The number of hydrogen-bond donors (Lipinski definition) is 0. The lowest BCUT2D eigenvalue weighted by atomic mass is 9.89. The van der Waals surface area contributed by atoms with Crippen molar-refractivity contribution in [1.29, 1.82) is 0 Å². The van der Waals surface area contributed by atoms with Crippen molar-refractivity contribution in [1.82, 2.24) is 0 Å². The predicted molar refractivity (Wildman–Crippen MR) is 73.8 cm³/mol. The first kappa shape index (κ1) is 11.8. The number of aryl methyl sites for hydroxylation is 1. The van der Waals surface area contributed by atoms with Crippen LogP contribution in [-0.4, -0.2) is 11.6 Å². The summed E-state index contributed by atoms with van der Waals surface area (Å²) in [7, 11) is 0. The quantitative estimate of drug-likeness (QED) is 0.718. The van der Waals surface area contributed by atoms with Crippen LogP contribution in [0.2, 0.25) is 0 Å².